The lowest BCUT2D eigenvalue weighted by Crippen LogP contribution is -2.32. The molecule has 0 aliphatic carbocycles. The van der Waals surface area contributed by atoms with E-state index in [1.165, 1.54) is 24.0 Å². The van der Waals surface area contributed by atoms with Gasteiger partial charge >= 0.3 is 0 Å². The second-order valence-corrected chi connectivity index (χ2v) is 6.74. The Morgan fingerprint density at radius 1 is 1.28 bits per heavy atom. The Bertz CT molecular complexity index is 861. The summed E-state index contributed by atoms with van der Waals surface area (Å²) in [6.45, 7) is 5.56. The van der Waals surface area contributed by atoms with E-state index in [1.807, 2.05) is 20.8 Å². The molecular formula is C15H18ClN5O3S. The van der Waals surface area contributed by atoms with E-state index in [4.69, 9.17) is 0 Å². The number of rotatable bonds is 4. The molecule has 0 N–H and O–H groups in total. The largest absolute Gasteiger partial charge is 0.297 e. The standard InChI is InChI=1S/C15H17N5O3S.ClH/c1-15(2,3)12-13(21)19(14(24-4)18-17-12)16-9-10-7-5-6-8-11(10)20(22)23;/h5-9H,1-4H3;1H. The van der Waals surface area contributed by atoms with Crippen molar-refractivity contribution < 1.29 is 4.92 Å². The summed E-state index contributed by atoms with van der Waals surface area (Å²) in [6, 6.07) is 6.17. The number of hydrogen-bond donors (Lipinski definition) is 0. The maximum Gasteiger partial charge on any atom is 0.297 e. The summed E-state index contributed by atoms with van der Waals surface area (Å²) >= 11 is 1.22. The van der Waals surface area contributed by atoms with E-state index in [9.17, 15) is 14.9 Å². The van der Waals surface area contributed by atoms with Gasteiger partial charge in [0.05, 0.1) is 16.7 Å². The monoisotopic (exact) mass is 383 g/mol. The van der Waals surface area contributed by atoms with Crippen LogP contribution in [0.4, 0.5) is 5.69 Å². The molecule has 25 heavy (non-hydrogen) atoms. The minimum atomic E-state index is -0.495. The van der Waals surface area contributed by atoms with E-state index in [0.717, 1.165) is 4.68 Å². The molecule has 1 aromatic carbocycles. The van der Waals surface area contributed by atoms with Crippen LogP contribution < -0.4 is 5.56 Å². The summed E-state index contributed by atoms with van der Waals surface area (Å²) in [5.74, 6) is 0. The minimum Gasteiger partial charge on any atom is -0.265 e. The van der Waals surface area contributed by atoms with Crippen LogP contribution in [0.15, 0.2) is 39.3 Å². The lowest BCUT2D eigenvalue weighted by Gasteiger charge is -2.16. The Morgan fingerprint density at radius 2 is 1.92 bits per heavy atom. The van der Waals surface area contributed by atoms with Crippen LogP contribution >= 0.6 is 24.2 Å². The molecule has 0 saturated carbocycles. The van der Waals surface area contributed by atoms with Crippen molar-refractivity contribution in [3.8, 4) is 0 Å². The molecule has 10 heteroatoms. The first-order chi connectivity index (χ1) is 11.3. The summed E-state index contributed by atoms with van der Waals surface area (Å²) < 4.78 is 1.12. The van der Waals surface area contributed by atoms with Crippen LogP contribution in [0, 0.1) is 10.1 Å². The molecule has 0 amide bonds. The van der Waals surface area contributed by atoms with Crippen LogP contribution in [-0.4, -0.2) is 32.3 Å². The van der Waals surface area contributed by atoms with Gasteiger partial charge in [-0.1, -0.05) is 44.7 Å². The fraction of sp³-hybridized carbons (Fsp3) is 0.333. The Morgan fingerprint density at radius 3 is 2.48 bits per heavy atom. The highest BCUT2D eigenvalue weighted by molar-refractivity contribution is 7.98. The second kappa shape index (κ2) is 8.21. The molecule has 0 aliphatic rings. The number of para-hydroxylation sites is 1. The highest BCUT2D eigenvalue weighted by atomic mass is 35.5. The summed E-state index contributed by atoms with van der Waals surface area (Å²) in [4.78, 5) is 23.2. The van der Waals surface area contributed by atoms with Crippen molar-refractivity contribution in [2.45, 2.75) is 31.3 Å². The van der Waals surface area contributed by atoms with Crippen molar-refractivity contribution in [3.63, 3.8) is 0 Å². The first kappa shape index (κ1) is 20.8. The predicted octanol–water partition coefficient (Wildman–Crippen LogP) is 2.87. The molecule has 1 heterocycles. The average Bonchev–Trinajstić information content (AvgIpc) is 2.52. The lowest BCUT2D eigenvalue weighted by molar-refractivity contribution is -0.385. The first-order valence-electron chi connectivity index (χ1n) is 7.07. The maximum atomic E-state index is 12.6. The average molecular weight is 384 g/mol. The van der Waals surface area contributed by atoms with Crippen molar-refractivity contribution in [1.82, 2.24) is 14.9 Å². The highest BCUT2D eigenvalue weighted by Gasteiger charge is 2.23. The highest BCUT2D eigenvalue weighted by Crippen LogP contribution is 2.18. The van der Waals surface area contributed by atoms with Gasteiger partial charge in [-0.3, -0.25) is 14.9 Å². The van der Waals surface area contributed by atoms with Gasteiger partial charge in [0.2, 0.25) is 5.16 Å². The fourth-order valence-electron chi connectivity index (χ4n) is 1.95. The Kier molecular flexibility index (Phi) is 6.83. The molecule has 134 valence electrons. The molecule has 0 fully saturated rings. The second-order valence-electron chi connectivity index (χ2n) is 5.96. The summed E-state index contributed by atoms with van der Waals surface area (Å²) in [7, 11) is 0. The topological polar surface area (TPSA) is 103 Å². The predicted molar refractivity (Wildman–Crippen MR) is 100 cm³/mol. The maximum absolute atomic E-state index is 12.6. The molecule has 8 nitrogen and oxygen atoms in total. The third-order valence-corrected chi connectivity index (χ3v) is 3.77. The van der Waals surface area contributed by atoms with Gasteiger partial charge in [-0.05, 0) is 12.3 Å². The molecule has 0 unspecified atom stereocenters. The van der Waals surface area contributed by atoms with Gasteiger partial charge < -0.3 is 0 Å². The smallest absolute Gasteiger partial charge is 0.265 e. The van der Waals surface area contributed by atoms with Gasteiger partial charge in [0.25, 0.3) is 11.2 Å². The summed E-state index contributed by atoms with van der Waals surface area (Å²) in [6.07, 6.45) is 3.03. The van der Waals surface area contributed by atoms with Gasteiger partial charge in [-0.25, -0.2) is 0 Å². The van der Waals surface area contributed by atoms with Gasteiger partial charge in [-0.2, -0.15) is 9.78 Å². The molecule has 0 bridgehead atoms. The molecule has 2 rings (SSSR count). The minimum absolute atomic E-state index is 0. The number of thioether (sulfide) groups is 1. The Hall–Kier alpha value is -2.26. The van der Waals surface area contributed by atoms with Gasteiger partial charge in [0, 0.05) is 11.5 Å². The number of aromatic nitrogens is 3. The van der Waals surface area contributed by atoms with Gasteiger partial charge in [0.1, 0.15) is 5.69 Å². The van der Waals surface area contributed by atoms with Crippen molar-refractivity contribution >= 4 is 36.1 Å². The van der Waals surface area contributed by atoms with Crippen LogP contribution in [0.5, 0.6) is 0 Å². The normalized spacial score (nSPS) is 11.4. The number of nitro groups is 1. The van der Waals surface area contributed by atoms with E-state index in [2.05, 4.69) is 15.3 Å². The SMILES string of the molecule is CSc1nnc(C(C)(C)C)c(=O)n1N=Cc1ccccc1[N+](=O)[O-].Cl. The molecule has 0 atom stereocenters. The van der Waals surface area contributed by atoms with Crippen LogP contribution in [-0.2, 0) is 5.41 Å². The Labute approximate surface area is 154 Å². The van der Waals surface area contributed by atoms with Crippen LogP contribution in [0.1, 0.15) is 32.0 Å². The Balaban J connectivity index is 0.00000312. The number of nitrogens with zero attached hydrogens (tertiary/aromatic N) is 5. The van der Waals surface area contributed by atoms with E-state index in [0.29, 0.717) is 10.7 Å². The van der Waals surface area contributed by atoms with Crippen molar-refractivity contribution in [2.75, 3.05) is 6.26 Å². The lowest BCUT2D eigenvalue weighted by atomic mass is 9.93. The number of nitro benzene ring substituents is 1. The zero-order valence-electron chi connectivity index (χ0n) is 14.2. The first-order valence-corrected chi connectivity index (χ1v) is 8.30. The molecule has 0 saturated heterocycles. The third-order valence-electron chi connectivity index (χ3n) is 3.15. The third kappa shape index (κ3) is 4.64. The van der Waals surface area contributed by atoms with Crippen molar-refractivity contribution in [1.29, 1.82) is 0 Å². The molecular weight excluding hydrogens is 366 g/mol. The van der Waals surface area contributed by atoms with Crippen molar-refractivity contribution in [2.24, 2.45) is 5.10 Å². The van der Waals surface area contributed by atoms with E-state index in [-0.39, 0.29) is 23.8 Å². The van der Waals surface area contributed by atoms with Gasteiger partial charge in [0.15, 0.2) is 0 Å². The molecule has 0 aliphatic heterocycles. The van der Waals surface area contributed by atoms with E-state index < -0.39 is 15.9 Å². The quantitative estimate of drug-likeness (QED) is 0.348. The number of benzene rings is 1. The summed E-state index contributed by atoms with van der Waals surface area (Å²) in [5, 5.41) is 23.5. The van der Waals surface area contributed by atoms with Crippen LogP contribution in [0.3, 0.4) is 0 Å². The zero-order chi connectivity index (χ0) is 17.9. The molecule has 1 aromatic heterocycles. The van der Waals surface area contributed by atoms with Gasteiger partial charge in [-0.15, -0.1) is 22.6 Å². The van der Waals surface area contributed by atoms with Crippen molar-refractivity contribution in [3.05, 3.63) is 56.0 Å². The number of halogens is 1. The molecule has 2 aromatic rings. The molecule has 0 spiro atoms. The van der Waals surface area contributed by atoms with Crippen LogP contribution in [0.2, 0.25) is 0 Å². The zero-order valence-corrected chi connectivity index (χ0v) is 15.8. The fourth-order valence-corrected chi connectivity index (χ4v) is 2.37. The van der Waals surface area contributed by atoms with E-state index >= 15 is 0 Å². The molecule has 0 radical (unpaired) electrons. The van der Waals surface area contributed by atoms with E-state index in [1.54, 1.807) is 24.5 Å². The number of hydrogen-bond acceptors (Lipinski definition) is 7. The van der Waals surface area contributed by atoms with Crippen LogP contribution in [0.25, 0.3) is 0 Å². The summed E-state index contributed by atoms with van der Waals surface area (Å²) in [5.41, 5.74) is -0.387.